The lowest BCUT2D eigenvalue weighted by atomic mass is 10.0. The highest BCUT2D eigenvalue weighted by Crippen LogP contribution is 2.31. The van der Waals surface area contributed by atoms with Crippen LogP contribution in [-0.2, 0) is 13.0 Å². The summed E-state index contributed by atoms with van der Waals surface area (Å²) in [7, 11) is 0. The highest BCUT2D eigenvalue weighted by molar-refractivity contribution is 7.21. The molecular weight excluding hydrogens is 366 g/mol. The van der Waals surface area contributed by atoms with Crippen LogP contribution < -0.4 is 5.32 Å². The second-order valence-electron chi connectivity index (χ2n) is 6.94. The van der Waals surface area contributed by atoms with Gasteiger partial charge in [0, 0.05) is 24.3 Å². The summed E-state index contributed by atoms with van der Waals surface area (Å²) >= 11 is 1.66. The maximum atomic E-state index is 12.8. The minimum absolute atomic E-state index is 0.0593. The first-order valence-electron chi connectivity index (χ1n) is 9.35. The van der Waals surface area contributed by atoms with E-state index in [4.69, 9.17) is 4.98 Å². The molecule has 0 saturated heterocycles. The molecule has 0 aliphatic carbocycles. The van der Waals surface area contributed by atoms with E-state index in [9.17, 15) is 4.79 Å². The third kappa shape index (κ3) is 3.25. The largest absolute Gasteiger partial charge is 0.322 e. The molecule has 5 rings (SSSR count). The van der Waals surface area contributed by atoms with Gasteiger partial charge in [-0.2, -0.15) is 0 Å². The van der Waals surface area contributed by atoms with Gasteiger partial charge in [-0.15, -0.1) is 11.3 Å². The van der Waals surface area contributed by atoms with Crippen molar-refractivity contribution < 1.29 is 4.79 Å². The molecule has 1 aliphatic rings. The first kappa shape index (κ1) is 17.0. The fourth-order valence-electron chi connectivity index (χ4n) is 3.60. The van der Waals surface area contributed by atoms with Crippen molar-refractivity contribution in [3.63, 3.8) is 0 Å². The van der Waals surface area contributed by atoms with Crippen molar-refractivity contribution in [2.75, 3.05) is 11.9 Å². The average Bonchev–Trinajstić information content (AvgIpc) is 3.18. The highest BCUT2D eigenvalue weighted by Gasteiger charge is 2.20. The lowest BCUT2D eigenvalue weighted by Crippen LogP contribution is -2.38. The van der Waals surface area contributed by atoms with Gasteiger partial charge in [0.2, 0.25) is 0 Å². The Hall–Kier alpha value is -3.18. The van der Waals surface area contributed by atoms with E-state index in [2.05, 4.69) is 29.6 Å². The summed E-state index contributed by atoms with van der Waals surface area (Å²) in [5.74, 6) is 0. The predicted octanol–water partition coefficient (Wildman–Crippen LogP) is 5.55. The summed E-state index contributed by atoms with van der Waals surface area (Å²) in [6, 6.07) is 24.3. The molecule has 0 fully saturated rings. The number of anilines is 1. The Kier molecular flexibility index (Phi) is 4.29. The fourth-order valence-corrected chi connectivity index (χ4v) is 4.56. The van der Waals surface area contributed by atoms with E-state index >= 15 is 0 Å². The second kappa shape index (κ2) is 7.09. The molecule has 0 atom stereocenters. The quantitative estimate of drug-likeness (QED) is 0.491. The normalized spacial score (nSPS) is 13.4. The van der Waals surface area contributed by atoms with Gasteiger partial charge in [-0.3, -0.25) is 0 Å². The smallest absolute Gasteiger partial charge is 0.320 e. The molecule has 4 nitrogen and oxygen atoms in total. The Bertz CT molecular complexity index is 1130. The molecule has 4 aromatic rings. The standard InChI is InChI=1S/C23H19N3OS/c27-23(26-13-12-16-6-1-2-7-18(16)15-26)24-19-9-5-8-17(14-19)22-25-20-10-3-4-11-21(20)28-22/h1-11,14H,12-13,15H2,(H,24,27). The summed E-state index contributed by atoms with van der Waals surface area (Å²) in [6.45, 7) is 1.39. The minimum Gasteiger partial charge on any atom is -0.320 e. The number of aromatic nitrogens is 1. The lowest BCUT2D eigenvalue weighted by Gasteiger charge is -2.29. The zero-order chi connectivity index (χ0) is 18.9. The number of hydrogen-bond donors (Lipinski definition) is 1. The summed E-state index contributed by atoms with van der Waals surface area (Å²) in [5.41, 5.74) is 5.38. The summed E-state index contributed by atoms with van der Waals surface area (Å²) < 4.78 is 1.17. The van der Waals surface area contributed by atoms with Crippen LogP contribution in [0.15, 0.2) is 72.8 Å². The van der Waals surface area contributed by atoms with E-state index in [-0.39, 0.29) is 6.03 Å². The molecule has 0 unspecified atom stereocenters. The van der Waals surface area contributed by atoms with E-state index in [1.54, 1.807) is 11.3 Å². The van der Waals surface area contributed by atoms with Crippen LogP contribution in [0.4, 0.5) is 10.5 Å². The van der Waals surface area contributed by atoms with Crippen LogP contribution in [0.1, 0.15) is 11.1 Å². The topological polar surface area (TPSA) is 45.2 Å². The number of nitrogens with zero attached hydrogens (tertiary/aromatic N) is 2. The minimum atomic E-state index is -0.0593. The van der Waals surface area contributed by atoms with Crippen molar-refractivity contribution in [2.24, 2.45) is 0 Å². The predicted molar refractivity (Wildman–Crippen MR) is 115 cm³/mol. The SMILES string of the molecule is O=C(Nc1cccc(-c2nc3ccccc3s2)c1)N1CCc2ccccc2C1. The molecule has 28 heavy (non-hydrogen) atoms. The van der Waals surface area contributed by atoms with Gasteiger partial charge in [-0.05, 0) is 41.8 Å². The molecule has 0 bridgehead atoms. The monoisotopic (exact) mass is 385 g/mol. The Morgan fingerprint density at radius 2 is 1.79 bits per heavy atom. The molecule has 2 amide bonds. The number of benzene rings is 3. The van der Waals surface area contributed by atoms with Crippen LogP contribution in [-0.4, -0.2) is 22.5 Å². The number of fused-ring (bicyclic) bond motifs is 2. The number of urea groups is 1. The van der Waals surface area contributed by atoms with Crippen LogP contribution in [0.3, 0.4) is 0 Å². The number of para-hydroxylation sites is 1. The number of carbonyl (C=O) groups excluding carboxylic acids is 1. The van der Waals surface area contributed by atoms with Gasteiger partial charge in [0.15, 0.2) is 0 Å². The average molecular weight is 385 g/mol. The number of thiazole rings is 1. The van der Waals surface area contributed by atoms with Crippen LogP contribution >= 0.6 is 11.3 Å². The van der Waals surface area contributed by atoms with Crippen molar-refractivity contribution in [2.45, 2.75) is 13.0 Å². The van der Waals surface area contributed by atoms with Crippen molar-refractivity contribution in [1.82, 2.24) is 9.88 Å². The zero-order valence-electron chi connectivity index (χ0n) is 15.3. The van der Waals surface area contributed by atoms with Crippen molar-refractivity contribution in [1.29, 1.82) is 0 Å². The van der Waals surface area contributed by atoms with Gasteiger partial charge in [-0.1, -0.05) is 48.5 Å². The van der Waals surface area contributed by atoms with E-state index in [1.807, 2.05) is 53.4 Å². The van der Waals surface area contributed by atoms with Crippen LogP contribution in [0.5, 0.6) is 0 Å². The van der Waals surface area contributed by atoms with E-state index in [1.165, 1.54) is 15.8 Å². The van der Waals surface area contributed by atoms with Crippen molar-refractivity contribution >= 4 is 33.3 Å². The molecule has 1 aromatic heterocycles. The molecular formula is C23H19N3OS. The molecule has 138 valence electrons. The summed E-state index contributed by atoms with van der Waals surface area (Å²) in [6.07, 6.45) is 0.898. The summed E-state index contributed by atoms with van der Waals surface area (Å²) in [4.78, 5) is 19.3. The third-order valence-corrected chi connectivity index (χ3v) is 6.16. The van der Waals surface area contributed by atoms with Crippen molar-refractivity contribution in [3.8, 4) is 10.6 Å². The second-order valence-corrected chi connectivity index (χ2v) is 7.97. The Labute approximate surface area is 167 Å². The summed E-state index contributed by atoms with van der Waals surface area (Å²) in [5, 5.41) is 4.01. The first-order valence-corrected chi connectivity index (χ1v) is 10.2. The van der Waals surface area contributed by atoms with Gasteiger partial charge >= 0.3 is 6.03 Å². The Balaban J connectivity index is 1.35. The molecule has 1 N–H and O–H groups in total. The number of rotatable bonds is 2. The fraction of sp³-hybridized carbons (Fsp3) is 0.130. The van der Waals surface area contributed by atoms with E-state index < -0.39 is 0 Å². The van der Waals surface area contributed by atoms with Crippen molar-refractivity contribution in [3.05, 3.63) is 83.9 Å². The number of hydrogen-bond acceptors (Lipinski definition) is 3. The van der Waals surface area contributed by atoms with Gasteiger partial charge in [0.05, 0.1) is 10.2 Å². The zero-order valence-corrected chi connectivity index (χ0v) is 16.1. The van der Waals surface area contributed by atoms with Crippen LogP contribution in [0.25, 0.3) is 20.8 Å². The molecule has 0 spiro atoms. The molecule has 0 radical (unpaired) electrons. The maximum Gasteiger partial charge on any atom is 0.322 e. The third-order valence-electron chi connectivity index (χ3n) is 5.07. The van der Waals surface area contributed by atoms with Crippen LogP contribution in [0, 0.1) is 0 Å². The number of carbonyl (C=O) groups is 1. The first-order chi connectivity index (χ1) is 13.8. The molecule has 2 heterocycles. The van der Waals surface area contributed by atoms with Gasteiger partial charge in [-0.25, -0.2) is 9.78 Å². The van der Waals surface area contributed by atoms with Crippen LogP contribution in [0.2, 0.25) is 0 Å². The van der Waals surface area contributed by atoms with Gasteiger partial charge in [0.1, 0.15) is 5.01 Å². The van der Waals surface area contributed by atoms with Gasteiger partial charge < -0.3 is 10.2 Å². The highest BCUT2D eigenvalue weighted by atomic mass is 32.1. The molecule has 1 aliphatic heterocycles. The molecule has 3 aromatic carbocycles. The van der Waals surface area contributed by atoms with E-state index in [0.717, 1.165) is 34.7 Å². The Morgan fingerprint density at radius 1 is 0.964 bits per heavy atom. The molecule has 0 saturated carbocycles. The molecule has 5 heteroatoms. The Morgan fingerprint density at radius 3 is 2.68 bits per heavy atom. The number of amides is 2. The van der Waals surface area contributed by atoms with Gasteiger partial charge in [0.25, 0.3) is 0 Å². The maximum absolute atomic E-state index is 12.8. The lowest BCUT2D eigenvalue weighted by molar-refractivity contribution is 0.206. The number of nitrogens with one attached hydrogen (secondary N) is 1. The van der Waals surface area contributed by atoms with E-state index in [0.29, 0.717) is 6.54 Å².